The molecule has 0 aliphatic carbocycles. The normalized spacial score (nSPS) is 14.0. The van der Waals surface area contributed by atoms with Gasteiger partial charge in [-0.1, -0.05) is 6.08 Å². The van der Waals surface area contributed by atoms with Gasteiger partial charge in [0, 0.05) is 12.2 Å². The van der Waals surface area contributed by atoms with E-state index in [1.165, 1.54) is 0 Å². The Hall–Kier alpha value is -0.163. The summed E-state index contributed by atoms with van der Waals surface area (Å²) < 4.78 is 16.8. The van der Waals surface area contributed by atoms with Gasteiger partial charge in [-0.05, 0) is 34.6 Å². The SMILES string of the molecule is C=CC(C)O[SiH](OC(C)C)OC(C)C. The van der Waals surface area contributed by atoms with E-state index in [-0.39, 0.29) is 18.3 Å². The van der Waals surface area contributed by atoms with Crippen molar-refractivity contribution in [1.82, 2.24) is 0 Å². The summed E-state index contributed by atoms with van der Waals surface area (Å²) in [7, 11) is -2.00. The van der Waals surface area contributed by atoms with Crippen LogP contribution >= 0.6 is 0 Å². The molecule has 0 spiro atoms. The Morgan fingerprint density at radius 2 is 1.36 bits per heavy atom. The minimum atomic E-state index is -2.00. The molecule has 3 nitrogen and oxygen atoms in total. The maximum atomic E-state index is 5.60. The summed E-state index contributed by atoms with van der Waals surface area (Å²) in [5.74, 6) is 0. The third-order valence-corrected chi connectivity index (χ3v) is 3.61. The fourth-order valence-electron chi connectivity index (χ4n) is 0.771. The van der Waals surface area contributed by atoms with E-state index in [2.05, 4.69) is 6.58 Å². The molecule has 0 amide bonds. The molecule has 0 N–H and O–H groups in total. The smallest absolute Gasteiger partial charge is 0.373 e. The summed E-state index contributed by atoms with van der Waals surface area (Å²) in [6, 6.07) is 0. The van der Waals surface area contributed by atoms with Gasteiger partial charge in [0.25, 0.3) is 0 Å². The summed E-state index contributed by atoms with van der Waals surface area (Å²) >= 11 is 0. The van der Waals surface area contributed by atoms with Gasteiger partial charge < -0.3 is 13.3 Å². The predicted molar refractivity (Wildman–Crippen MR) is 60.3 cm³/mol. The Morgan fingerprint density at radius 3 is 1.64 bits per heavy atom. The van der Waals surface area contributed by atoms with E-state index in [9.17, 15) is 0 Å². The van der Waals surface area contributed by atoms with Gasteiger partial charge in [-0.15, -0.1) is 6.58 Å². The van der Waals surface area contributed by atoms with Gasteiger partial charge in [-0.3, -0.25) is 0 Å². The summed E-state index contributed by atoms with van der Waals surface area (Å²) in [4.78, 5) is 0. The minimum Gasteiger partial charge on any atom is -0.373 e. The second kappa shape index (κ2) is 7.17. The van der Waals surface area contributed by atoms with Crippen molar-refractivity contribution in [3.8, 4) is 0 Å². The van der Waals surface area contributed by atoms with Gasteiger partial charge in [-0.2, -0.15) is 0 Å². The Kier molecular flexibility index (Phi) is 7.09. The van der Waals surface area contributed by atoms with E-state index in [1.807, 2.05) is 34.6 Å². The van der Waals surface area contributed by atoms with Gasteiger partial charge in [0.2, 0.25) is 0 Å². The molecule has 0 aromatic rings. The van der Waals surface area contributed by atoms with Crippen molar-refractivity contribution in [3.63, 3.8) is 0 Å². The monoisotopic (exact) mass is 218 g/mol. The molecule has 4 heteroatoms. The Balaban J connectivity index is 4.02. The molecule has 0 aromatic carbocycles. The fourth-order valence-corrected chi connectivity index (χ4v) is 2.31. The third kappa shape index (κ3) is 7.26. The van der Waals surface area contributed by atoms with E-state index in [1.54, 1.807) is 6.08 Å². The van der Waals surface area contributed by atoms with Crippen LogP contribution in [-0.2, 0) is 13.3 Å². The third-order valence-electron chi connectivity index (χ3n) is 1.42. The maximum absolute atomic E-state index is 5.60. The quantitative estimate of drug-likeness (QED) is 0.484. The second-order valence-electron chi connectivity index (χ2n) is 3.74. The van der Waals surface area contributed by atoms with Crippen LogP contribution in [0.15, 0.2) is 12.7 Å². The molecular weight excluding hydrogens is 196 g/mol. The standard InChI is InChI=1S/C10H22O3Si/c1-7-10(6)13-14(11-8(2)3)12-9(4)5/h7-10,14H,1H2,2-6H3. The van der Waals surface area contributed by atoms with Crippen molar-refractivity contribution in [1.29, 1.82) is 0 Å². The predicted octanol–water partition coefficient (Wildman–Crippen LogP) is 2.14. The van der Waals surface area contributed by atoms with Gasteiger partial charge >= 0.3 is 9.53 Å². The average molecular weight is 218 g/mol. The van der Waals surface area contributed by atoms with Gasteiger partial charge in [-0.25, -0.2) is 0 Å². The highest BCUT2D eigenvalue weighted by Gasteiger charge is 2.20. The fraction of sp³-hybridized carbons (Fsp3) is 0.800. The first-order chi connectivity index (χ1) is 6.45. The van der Waals surface area contributed by atoms with Crippen LogP contribution in [-0.4, -0.2) is 27.8 Å². The summed E-state index contributed by atoms with van der Waals surface area (Å²) in [6.45, 7) is 13.5. The lowest BCUT2D eigenvalue weighted by Gasteiger charge is -2.22. The van der Waals surface area contributed by atoms with Crippen LogP contribution in [0, 0.1) is 0 Å². The lowest BCUT2D eigenvalue weighted by Crippen LogP contribution is -2.35. The molecule has 0 saturated carbocycles. The highest BCUT2D eigenvalue weighted by Crippen LogP contribution is 2.05. The van der Waals surface area contributed by atoms with Crippen LogP contribution in [0.1, 0.15) is 34.6 Å². The maximum Gasteiger partial charge on any atom is 0.485 e. The van der Waals surface area contributed by atoms with E-state index in [0.717, 1.165) is 0 Å². The first-order valence-corrected chi connectivity index (χ1v) is 6.46. The Morgan fingerprint density at radius 1 is 0.929 bits per heavy atom. The van der Waals surface area contributed by atoms with Crippen molar-refractivity contribution in [2.75, 3.05) is 0 Å². The first-order valence-electron chi connectivity index (χ1n) is 5.04. The van der Waals surface area contributed by atoms with Crippen molar-refractivity contribution < 1.29 is 13.3 Å². The number of hydrogen-bond donors (Lipinski definition) is 0. The summed E-state index contributed by atoms with van der Waals surface area (Å²) in [6.07, 6.45) is 2.02. The van der Waals surface area contributed by atoms with Crippen LogP contribution in [0.2, 0.25) is 0 Å². The average Bonchev–Trinajstić information content (AvgIpc) is 2.01. The molecule has 0 aromatic heterocycles. The van der Waals surface area contributed by atoms with Crippen LogP contribution in [0.4, 0.5) is 0 Å². The first kappa shape index (κ1) is 13.8. The van der Waals surface area contributed by atoms with Gasteiger partial charge in [0.15, 0.2) is 0 Å². The molecule has 0 bridgehead atoms. The highest BCUT2D eigenvalue weighted by molar-refractivity contribution is 6.36. The molecule has 1 atom stereocenters. The molecule has 14 heavy (non-hydrogen) atoms. The van der Waals surface area contributed by atoms with Crippen LogP contribution < -0.4 is 0 Å². The Labute approximate surface area is 89.0 Å². The number of hydrogen-bond acceptors (Lipinski definition) is 3. The van der Waals surface area contributed by atoms with Crippen molar-refractivity contribution >= 4 is 9.53 Å². The lowest BCUT2D eigenvalue weighted by atomic mass is 10.4. The number of rotatable bonds is 7. The van der Waals surface area contributed by atoms with E-state index in [4.69, 9.17) is 13.3 Å². The van der Waals surface area contributed by atoms with Crippen LogP contribution in [0.25, 0.3) is 0 Å². The van der Waals surface area contributed by atoms with Gasteiger partial charge in [0.1, 0.15) is 0 Å². The molecule has 0 fully saturated rings. The molecule has 0 aliphatic heterocycles. The Bertz CT molecular complexity index is 149. The molecule has 0 aliphatic rings. The van der Waals surface area contributed by atoms with E-state index < -0.39 is 9.53 Å². The van der Waals surface area contributed by atoms with Crippen molar-refractivity contribution in [3.05, 3.63) is 12.7 Å². The van der Waals surface area contributed by atoms with Gasteiger partial charge in [0.05, 0.1) is 6.10 Å². The summed E-state index contributed by atoms with van der Waals surface area (Å²) in [5, 5.41) is 0. The molecule has 1 unspecified atom stereocenters. The van der Waals surface area contributed by atoms with Crippen molar-refractivity contribution in [2.24, 2.45) is 0 Å². The minimum absolute atomic E-state index is 0.0100. The summed E-state index contributed by atoms with van der Waals surface area (Å²) in [5.41, 5.74) is 0. The largest absolute Gasteiger partial charge is 0.485 e. The van der Waals surface area contributed by atoms with E-state index in [0.29, 0.717) is 0 Å². The molecule has 0 heterocycles. The zero-order chi connectivity index (χ0) is 11.1. The second-order valence-corrected chi connectivity index (χ2v) is 5.13. The molecule has 0 radical (unpaired) electrons. The zero-order valence-corrected chi connectivity index (χ0v) is 11.0. The molecule has 84 valence electrons. The van der Waals surface area contributed by atoms with Crippen LogP contribution in [0.5, 0.6) is 0 Å². The van der Waals surface area contributed by atoms with Crippen LogP contribution in [0.3, 0.4) is 0 Å². The molecule has 0 saturated heterocycles. The zero-order valence-electron chi connectivity index (χ0n) is 9.82. The molecule has 0 rings (SSSR count). The topological polar surface area (TPSA) is 27.7 Å². The lowest BCUT2D eigenvalue weighted by molar-refractivity contribution is 0.0396. The molecular formula is C10H22O3Si. The van der Waals surface area contributed by atoms with E-state index >= 15 is 0 Å². The van der Waals surface area contributed by atoms with Crippen molar-refractivity contribution in [2.45, 2.75) is 52.9 Å². The highest BCUT2D eigenvalue weighted by atomic mass is 28.3.